The molecule has 3 aromatic rings. The van der Waals surface area contributed by atoms with Gasteiger partial charge in [0, 0.05) is 24.7 Å². The zero-order valence-electron chi connectivity index (χ0n) is 23.1. The van der Waals surface area contributed by atoms with Crippen LogP contribution in [0.4, 0.5) is 5.13 Å². The molecule has 2 heterocycles. The summed E-state index contributed by atoms with van der Waals surface area (Å²) < 4.78 is 35.1. The molecule has 214 valence electrons. The van der Waals surface area contributed by atoms with Crippen molar-refractivity contribution in [2.75, 3.05) is 45.2 Å². The van der Waals surface area contributed by atoms with Gasteiger partial charge in [-0.15, -0.1) is 12.4 Å². The fourth-order valence-corrected chi connectivity index (χ4v) is 7.66. The summed E-state index contributed by atoms with van der Waals surface area (Å²) in [5.41, 5.74) is 1.18. The summed E-state index contributed by atoms with van der Waals surface area (Å²) in [5.74, 6) is 0.500. The predicted molar refractivity (Wildman–Crippen MR) is 161 cm³/mol. The van der Waals surface area contributed by atoms with E-state index in [0.29, 0.717) is 36.1 Å². The van der Waals surface area contributed by atoms with E-state index in [-0.39, 0.29) is 29.3 Å². The topological polar surface area (TPSA) is 83.0 Å². The number of piperidine rings is 1. The molecule has 0 bridgehead atoms. The second kappa shape index (κ2) is 13.9. The Labute approximate surface area is 242 Å². The van der Waals surface area contributed by atoms with Crippen molar-refractivity contribution in [3.63, 3.8) is 0 Å². The lowest BCUT2D eigenvalue weighted by atomic mass is 10.0. The van der Waals surface area contributed by atoms with Gasteiger partial charge in [-0.3, -0.25) is 9.69 Å². The molecule has 0 N–H and O–H groups in total. The van der Waals surface area contributed by atoms with Crippen LogP contribution in [0.5, 0.6) is 5.75 Å². The first-order chi connectivity index (χ1) is 18.3. The number of anilines is 1. The number of benzene rings is 2. The van der Waals surface area contributed by atoms with Crippen LogP contribution < -0.4 is 9.64 Å². The lowest BCUT2D eigenvalue weighted by Crippen LogP contribution is -2.43. The zero-order chi connectivity index (χ0) is 27.3. The van der Waals surface area contributed by atoms with E-state index in [1.54, 1.807) is 33.5 Å². The van der Waals surface area contributed by atoms with Crippen molar-refractivity contribution in [1.82, 2.24) is 14.2 Å². The fraction of sp³-hybridized carbons (Fsp3) is 0.500. The molecular formula is C28H39ClN4O4S2. The van der Waals surface area contributed by atoms with E-state index in [0.717, 1.165) is 48.9 Å². The van der Waals surface area contributed by atoms with Crippen molar-refractivity contribution < 1.29 is 17.9 Å². The van der Waals surface area contributed by atoms with Gasteiger partial charge in [-0.1, -0.05) is 30.7 Å². The Morgan fingerprint density at radius 1 is 1.10 bits per heavy atom. The van der Waals surface area contributed by atoms with Crippen molar-refractivity contribution in [3.8, 4) is 5.75 Å². The molecule has 8 nitrogen and oxygen atoms in total. The molecule has 0 saturated carbocycles. The van der Waals surface area contributed by atoms with Crippen LogP contribution in [0.15, 0.2) is 47.4 Å². The molecule has 39 heavy (non-hydrogen) atoms. The first kappa shape index (κ1) is 31.3. The Morgan fingerprint density at radius 3 is 2.51 bits per heavy atom. The molecule has 1 aliphatic rings. The molecule has 4 rings (SSSR count). The van der Waals surface area contributed by atoms with Gasteiger partial charge in [-0.05, 0) is 89.6 Å². The van der Waals surface area contributed by atoms with Gasteiger partial charge >= 0.3 is 0 Å². The van der Waals surface area contributed by atoms with Crippen LogP contribution in [0.25, 0.3) is 10.2 Å². The third-order valence-electron chi connectivity index (χ3n) is 6.89. The number of hydrogen-bond acceptors (Lipinski definition) is 7. The molecule has 1 aromatic heterocycles. The minimum Gasteiger partial charge on any atom is -0.492 e. The quantitative estimate of drug-likeness (QED) is 0.284. The Bertz CT molecular complexity index is 1350. The molecule has 1 unspecified atom stereocenters. The van der Waals surface area contributed by atoms with E-state index < -0.39 is 10.0 Å². The van der Waals surface area contributed by atoms with E-state index >= 15 is 0 Å². The number of nitrogens with zero attached hydrogens (tertiary/aromatic N) is 4. The lowest BCUT2D eigenvalue weighted by molar-refractivity contribution is 0.0986. The number of rotatable bonds is 11. The number of halogens is 1. The van der Waals surface area contributed by atoms with Crippen LogP contribution in [-0.4, -0.2) is 74.9 Å². The van der Waals surface area contributed by atoms with Gasteiger partial charge in [0.05, 0.1) is 16.2 Å². The number of aromatic nitrogens is 1. The van der Waals surface area contributed by atoms with Crippen LogP contribution in [0.2, 0.25) is 0 Å². The maximum absolute atomic E-state index is 13.8. The van der Waals surface area contributed by atoms with Gasteiger partial charge in [0.25, 0.3) is 5.91 Å². The Balaban J connectivity index is 0.00000420. The van der Waals surface area contributed by atoms with Gasteiger partial charge in [0.1, 0.15) is 11.3 Å². The second-order valence-electron chi connectivity index (χ2n) is 9.84. The van der Waals surface area contributed by atoms with E-state index in [4.69, 9.17) is 9.72 Å². The highest BCUT2D eigenvalue weighted by Gasteiger charge is 2.32. The number of carbonyl (C=O) groups is 1. The SMILES string of the molecule is CCOc1cccc2sc(N(CCCN(C)C)C(=O)c3ccc(S(=O)(=O)N4CCCCC4CC)cc3)nc12.Cl. The van der Waals surface area contributed by atoms with E-state index in [2.05, 4.69) is 4.90 Å². The third kappa shape index (κ3) is 7.10. The van der Waals surface area contributed by atoms with Gasteiger partial charge in [-0.2, -0.15) is 4.31 Å². The van der Waals surface area contributed by atoms with Crippen LogP contribution in [-0.2, 0) is 10.0 Å². The first-order valence-corrected chi connectivity index (χ1v) is 15.6. The number of sulfonamides is 1. The summed E-state index contributed by atoms with van der Waals surface area (Å²) in [5, 5.41) is 0.603. The Hall–Kier alpha value is -2.24. The number of carbonyl (C=O) groups excluding carboxylic acids is 1. The Morgan fingerprint density at radius 2 is 1.85 bits per heavy atom. The first-order valence-electron chi connectivity index (χ1n) is 13.4. The third-order valence-corrected chi connectivity index (χ3v) is 9.90. The molecule has 1 fully saturated rings. The van der Waals surface area contributed by atoms with Gasteiger partial charge in [-0.25, -0.2) is 13.4 Å². The maximum atomic E-state index is 13.8. The largest absolute Gasteiger partial charge is 0.492 e. The summed E-state index contributed by atoms with van der Waals surface area (Å²) in [6, 6.07) is 12.2. The summed E-state index contributed by atoms with van der Waals surface area (Å²) in [6.07, 6.45) is 4.39. The monoisotopic (exact) mass is 594 g/mol. The van der Waals surface area contributed by atoms with Crippen molar-refractivity contribution in [2.24, 2.45) is 0 Å². The number of hydrogen-bond donors (Lipinski definition) is 0. The summed E-state index contributed by atoms with van der Waals surface area (Å²) >= 11 is 1.45. The van der Waals surface area contributed by atoms with Gasteiger partial charge in [0.15, 0.2) is 5.13 Å². The molecule has 0 radical (unpaired) electrons. The minimum atomic E-state index is -3.61. The highest BCUT2D eigenvalue weighted by molar-refractivity contribution is 7.89. The van der Waals surface area contributed by atoms with Gasteiger partial charge in [0.2, 0.25) is 10.0 Å². The molecule has 1 aliphatic heterocycles. The normalized spacial score (nSPS) is 16.3. The van der Waals surface area contributed by atoms with Crippen LogP contribution in [0.3, 0.4) is 0 Å². The number of ether oxygens (including phenoxy) is 1. The molecule has 11 heteroatoms. The minimum absolute atomic E-state index is 0. The maximum Gasteiger partial charge on any atom is 0.260 e. The van der Waals surface area contributed by atoms with E-state index in [9.17, 15) is 13.2 Å². The average molecular weight is 595 g/mol. The zero-order valence-corrected chi connectivity index (χ0v) is 25.6. The number of para-hydroxylation sites is 1. The van der Waals surface area contributed by atoms with E-state index in [1.807, 2.05) is 46.1 Å². The lowest BCUT2D eigenvalue weighted by Gasteiger charge is -2.34. The average Bonchev–Trinajstić information content (AvgIpc) is 3.36. The summed E-state index contributed by atoms with van der Waals surface area (Å²) in [6.45, 7) is 6.36. The van der Waals surface area contributed by atoms with Crippen molar-refractivity contribution in [1.29, 1.82) is 0 Å². The molecule has 1 atom stereocenters. The summed E-state index contributed by atoms with van der Waals surface area (Å²) in [7, 11) is 0.395. The standard InChI is InChI=1S/C28H38N4O4S2.ClH/c1-5-22-11-7-8-20-32(22)38(34,35)23-16-14-21(15-17-23)27(33)31(19-10-18-30(3)4)28-29-26-24(36-6-2)12-9-13-25(26)37-28;/h9,12-17,22H,5-8,10-11,18-20H2,1-4H3;1H. The van der Waals surface area contributed by atoms with E-state index in [1.165, 1.54) is 11.3 Å². The summed E-state index contributed by atoms with van der Waals surface area (Å²) in [4.78, 5) is 22.6. The molecule has 1 saturated heterocycles. The highest BCUT2D eigenvalue weighted by atomic mass is 35.5. The highest BCUT2D eigenvalue weighted by Crippen LogP contribution is 2.35. The molecular weight excluding hydrogens is 556 g/mol. The molecule has 2 aromatic carbocycles. The van der Waals surface area contributed by atoms with Crippen LogP contribution in [0, 0.1) is 0 Å². The number of fused-ring (bicyclic) bond motifs is 1. The molecule has 1 amide bonds. The predicted octanol–water partition coefficient (Wildman–Crippen LogP) is 5.67. The van der Waals surface area contributed by atoms with Crippen molar-refractivity contribution in [3.05, 3.63) is 48.0 Å². The molecule has 0 spiro atoms. The molecule has 0 aliphatic carbocycles. The smallest absolute Gasteiger partial charge is 0.260 e. The van der Waals surface area contributed by atoms with Crippen molar-refractivity contribution >= 4 is 55.0 Å². The number of thiazole rings is 1. The second-order valence-corrected chi connectivity index (χ2v) is 12.7. The van der Waals surface area contributed by atoms with Crippen molar-refractivity contribution in [2.45, 2.75) is 56.9 Å². The van der Waals surface area contributed by atoms with Crippen LogP contribution >= 0.6 is 23.7 Å². The number of amides is 1. The Kier molecular flexibility index (Phi) is 11.1. The van der Waals surface area contributed by atoms with Crippen LogP contribution in [0.1, 0.15) is 56.3 Å². The fourth-order valence-electron chi connectivity index (χ4n) is 4.89. The van der Waals surface area contributed by atoms with Gasteiger partial charge < -0.3 is 9.64 Å².